The Bertz CT molecular complexity index is 954. The van der Waals surface area contributed by atoms with E-state index < -0.39 is 23.8 Å². The van der Waals surface area contributed by atoms with Gasteiger partial charge in [0.05, 0.1) is 24.9 Å². The normalized spacial score (nSPS) is 11.1. The monoisotopic (exact) mass is 455 g/mol. The Morgan fingerprint density at radius 2 is 1.63 bits per heavy atom. The van der Waals surface area contributed by atoms with E-state index in [0.29, 0.717) is 16.5 Å². The summed E-state index contributed by atoms with van der Waals surface area (Å²) in [6, 6.07) is 9.14. The zero-order valence-corrected chi connectivity index (χ0v) is 17.8. The lowest BCUT2D eigenvalue weighted by atomic mass is 10.2. The zero-order valence-electron chi connectivity index (χ0n) is 16.2. The molecule has 160 valence electrons. The average molecular weight is 456 g/mol. The maximum absolute atomic E-state index is 12.1. The highest BCUT2D eigenvalue weighted by Gasteiger charge is 2.20. The van der Waals surface area contributed by atoms with Crippen LogP contribution in [0.25, 0.3) is 0 Å². The smallest absolute Gasteiger partial charge is 0.328 e. The number of halogens is 2. The number of ether oxygens (including phenoxy) is 3. The summed E-state index contributed by atoms with van der Waals surface area (Å²) in [6.45, 7) is 1.44. The van der Waals surface area contributed by atoms with Gasteiger partial charge in [-0.2, -0.15) is 0 Å². The largest absolute Gasteiger partial charge is 0.497 e. The van der Waals surface area contributed by atoms with Gasteiger partial charge in [0.15, 0.2) is 6.10 Å². The summed E-state index contributed by atoms with van der Waals surface area (Å²) in [5.41, 5.74) is 4.35. The topological polar surface area (TPSA) is 115 Å². The predicted octanol–water partition coefficient (Wildman–Crippen LogP) is 2.56. The highest BCUT2D eigenvalue weighted by Crippen LogP contribution is 2.29. The second-order valence-corrected chi connectivity index (χ2v) is 6.64. The summed E-state index contributed by atoms with van der Waals surface area (Å²) >= 11 is 11.8. The minimum Gasteiger partial charge on any atom is -0.497 e. The first-order chi connectivity index (χ1) is 14.2. The standard InChI is InChI=1S/C19H19Cl2N3O6/c1-10(30-15-7-4-11(20)8-13(15)21)17(25)23-24-19(27)18(26)22-14-6-5-12(28-2)9-16(14)29-3/h4-10H,1-3H3,(H,22,26)(H,23,25)(H,24,27). The summed E-state index contributed by atoms with van der Waals surface area (Å²) in [4.78, 5) is 36.1. The van der Waals surface area contributed by atoms with Gasteiger partial charge in [0.25, 0.3) is 5.91 Å². The van der Waals surface area contributed by atoms with E-state index in [2.05, 4.69) is 10.7 Å². The Kier molecular flexibility index (Phi) is 8.14. The van der Waals surface area contributed by atoms with Crippen LogP contribution in [0.4, 0.5) is 5.69 Å². The van der Waals surface area contributed by atoms with Crippen molar-refractivity contribution in [3.63, 3.8) is 0 Å². The third-order valence-corrected chi connectivity index (χ3v) is 4.26. The Morgan fingerprint density at radius 3 is 2.27 bits per heavy atom. The number of hydrazine groups is 1. The molecule has 0 radical (unpaired) electrons. The molecule has 2 aromatic carbocycles. The van der Waals surface area contributed by atoms with E-state index in [0.717, 1.165) is 0 Å². The van der Waals surface area contributed by atoms with Crippen molar-refractivity contribution in [3.05, 3.63) is 46.4 Å². The van der Waals surface area contributed by atoms with Gasteiger partial charge in [-0.3, -0.25) is 25.2 Å². The minimum absolute atomic E-state index is 0.221. The first-order valence-electron chi connectivity index (χ1n) is 8.50. The van der Waals surface area contributed by atoms with Gasteiger partial charge in [-0.05, 0) is 37.3 Å². The van der Waals surface area contributed by atoms with Crippen LogP contribution in [0.15, 0.2) is 36.4 Å². The van der Waals surface area contributed by atoms with Gasteiger partial charge in [-0.25, -0.2) is 0 Å². The van der Waals surface area contributed by atoms with Crippen LogP contribution in [-0.2, 0) is 14.4 Å². The van der Waals surface area contributed by atoms with Gasteiger partial charge in [-0.1, -0.05) is 23.2 Å². The molecule has 9 nitrogen and oxygen atoms in total. The molecule has 0 fully saturated rings. The number of amides is 3. The van der Waals surface area contributed by atoms with Gasteiger partial charge >= 0.3 is 11.8 Å². The summed E-state index contributed by atoms with van der Waals surface area (Å²) in [5.74, 6) is -1.78. The molecule has 0 bridgehead atoms. The molecule has 11 heteroatoms. The molecule has 3 N–H and O–H groups in total. The molecule has 0 saturated heterocycles. The third-order valence-electron chi connectivity index (χ3n) is 3.73. The number of anilines is 1. The molecule has 0 aromatic heterocycles. The molecule has 30 heavy (non-hydrogen) atoms. The SMILES string of the molecule is COc1ccc(NC(=O)C(=O)NNC(=O)C(C)Oc2ccc(Cl)cc2Cl)c(OC)c1. The van der Waals surface area contributed by atoms with Crippen molar-refractivity contribution in [1.29, 1.82) is 0 Å². The van der Waals surface area contributed by atoms with Crippen molar-refractivity contribution < 1.29 is 28.6 Å². The fourth-order valence-corrected chi connectivity index (χ4v) is 2.63. The summed E-state index contributed by atoms with van der Waals surface area (Å²) in [7, 11) is 2.88. The fraction of sp³-hybridized carbons (Fsp3) is 0.211. The molecule has 2 rings (SSSR count). The van der Waals surface area contributed by atoms with E-state index in [1.807, 2.05) is 5.43 Å². The molecule has 1 atom stereocenters. The van der Waals surface area contributed by atoms with Crippen LogP contribution in [0.2, 0.25) is 10.0 Å². The Labute approximate surface area is 182 Å². The van der Waals surface area contributed by atoms with Crippen LogP contribution in [0, 0.1) is 0 Å². The van der Waals surface area contributed by atoms with Crippen molar-refractivity contribution in [2.75, 3.05) is 19.5 Å². The first-order valence-corrected chi connectivity index (χ1v) is 9.25. The molecular weight excluding hydrogens is 437 g/mol. The summed E-state index contributed by atoms with van der Waals surface area (Å²) in [6.07, 6.45) is -1.02. The van der Waals surface area contributed by atoms with Gasteiger partial charge in [0.2, 0.25) is 0 Å². The Morgan fingerprint density at radius 1 is 0.900 bits per heavy atom. The number of nitrogens with one attached hydrogen (secondary N) is 3. The maximum Gasteiger partial charge on any atom is 0.328 e. The molecule has 0 heterocycles. The number of carbonyl (C=O) groups excluding carboxylic acids is 3. The predicted molar refractivity (Wildman–Crippen MR) is 111 cm³/mol. The van der Waals surface area contributed by atoms with Crippen LogP contribution in [-0.4, -0.2) is 38.0 Å². The summed E-state index contributed by atoms with van der Waals surface area (Å²) < 4.78 is 15.6. The Hall–Kier alpha value is -3.17. The van der Waals surface area contributed by atoms with Crippen LogP contribution in [0.3, 0.4) is 0 Å². The lowest BCUT2D eigenvalue weighted by molar-refractivity contribution is -0.139. The average Bonchev–Trinajstić information content (AvgIpc) is 2.73. The van der Waals surface area contributed by atoms with Crippen LogP contribution < -0.4 is 30.4 Å². The molecule has 0 saturated carbocycles. The highest BCUT2D eigenvalue weighted by atomic mass is 35.5. The van der Waals surface area contributed by atoms with Gasteiger partial charge in [0, 0.05) is 11.1 Å². The van der Waals surface area contributed by atoms with E-state index in [4.69, 9.17) is 37.4 Å². The van der Waals surface area contributed by atoms with Gasteiger partial charge in [-0.15, -0.1) is 0 Å². The second-order valence-electron chi connectivity index (χ2n) is 5.80. The molecular formula is C19H19Cl2N3O6. The molecule has 0 spiro atoms. The van der Waals surface area contributed by atoms with Crippen LogP contribution in [0.1, 0.15) is 6.92 Å². The maximum atomic E-state index is 12.1. The lowest BCUT2D eigenvalue weighted by Gasteiger charge is -2.16. The van der Waals surface area contributed by atoms with E-state index >= 15 is 0 Å². The van der Waals surface area contributed by atoms with E-state index in [9.17, 15) is 14.4 Å². The first kappa shape index (κ1) is 23.1. The Balaban J connectivity index is 1.89. The minimum atomic E-state index is -1.10. The molecule has 1 unspecified atom stereocenters. The van der Waals surface area contributed by atoms with Crippen molar-refractivity contribution in [2.24, 2.45) is 0 Å². The molecule has 0 aliphatic heterocycles. The third kappa shape index (κ3) is 6.16. The van der Waals surface area contributed by atoms with Crippen molar-refractivity contribution in [2.45, 2.75) is 13.0 Å². The summed E-state index contributed by atoms with van der Waals surface area (Å²) in [5, 5.41) is 3.01. The van der Waals surface area contributed by atoms with Gasteiger partial charge < -0.3 is 19.5 Å². The number of methoxy groups -OCH3 is 2. The van der Waals surface area contributed by atoms with Crippen LogP contribution >= 0.6 is 23.2 Å². The lowest BCUT2D eigenvalue weighted by Crippen LogP contribution is -2.50. The van der Waals surface area contributed by atoms with E-state index in [-0.39, 0.29) is 16.5 Å². The van der Waals surface area contributed by atoms with E-state index in [1.54, 1.807) is 12.1 Å². The quantitative estimate of drug-likeness (QED) is 0.455. The van der Waals surface area contributed by atoms with Gasteiger partial charge in [0.1, 0.15) is 17.2 Å². The van der Waals surface area contributed by atoms with Crippen molar-refractivity contribution >= 4 is 46.6 Å². The zero-order chi connectivity index (χ0) is 22.3. The molecule has 3 amide bonds. The highest BCUT2D eigenvalue weighted by molar-refractivity contribution is 6.39. The number of hydrogen-bond donors (Lipinski definition) is 3. The van der Waals surface area contributed by atoms with Crippen molar-refractivity contribution in [3.8, 4) is 17.2 Å². The number of benzene rings is 2. The van der Waals surface area contributed by atoms with Crippen molar-refractivity contribution in [1.82, 2.24) is 10.9 Å². The van der Waals surface area contributed by atoms with E-state index in [1.165, 1.54) is 45.4 Å². The number of carbonyl (C=O) groups is 3. The molecule has 2 aromatic rings. The number of hydrogen-bond acceptors (Lipinski definition) is 6. The van der Waals surface area contributed by atoms with Crippen LogP contribution in [0.5, 0.6) is 17.2 Å². The molecule has 0 aliphatic rings. The number of rotatable bonds is 6. The molecule has 0 aliphatic carbocycles. The fourth-order valence-electron chi connectivity index (χ4n) is 2.17. The second kappa shape index (κ2) is 10.6.